The van der Waals surface area contributed by atoms with Crippen molar-refractivity contribution in [3.63, 3.8) is 0 Å². The molecule has 10 nitrogen and oxygen atoms in total. The maximum Gasteiger partial charge on any atom is 0.408 e. The minimum atomic E-state index is -0.941. The van der Waals surface area contributed by atoms with Crippen LogP contribution in [0.5, 0.6) is 5.75 Å². The summed E-state index contributed by atoms with van der Waals surface area (Å²) in [6.45, 7) is 5.15. The van der Waals surface area contributed by atoms with Crippen LogP contribution in [0.4, 0.5) is 4.79 Å². The van der Waals surface area contributed by atoms with Gasteiger partial charge in [-0.05, 0) is 47.7 Å². The Morgan fingerprint density at radius 1 is 0.898 bits per heavy atom. The first-order chi connectivity index (χ1) is 23.8. The van der Waals surface area contributed by atoms with E-state index in [9.17, 15) is 19.5 Å². The number of aryl methyl sites for hydroxylation is 1. The zero-order valence-electron chi connectivity index (χ0n) is 28.1. The summed E-state index contributed by atoms with van der Waals surface area (Å²) in [5, 5.41) is 12.0. The molecule has 5 rings (SSSR count). The number of alkyl carbamates (subject to hydrolysis) is 1. The second-order valence-corrected chi connectivity index (χ2v) is 12.5. The quantitative estimate of drug-likeness (QED) is 0.124. The van der Waals surface area contributed by atoms with Crippen LogP contribution in [0, 0.1) is 12.8 Å². The van der Waals surface area contributed by atoms with Crippen LogP contribution in [0.3, 0.4) is 0 Å². The summed E-state index contributed by atoms with van der Waals surface area (Å²) >= 11 is 0. The Hall–Kier alpha value is -5.25. The predicted molar refractivity (Wildman–Crippen MR) is 187 cm³/mol. The minimum absolute atomic E-state index is 0.0595. The highest BCUT2D eigenvalue weighted by Gasteiger charge is 2.39. The molecule has 0 radical (unpaired) electrons. The molecule has 1 fully saturated rings. The van der Waals surface area contributed by atoms with Crippen LogP contribution < -0.4 is 10.1 Å². The Morgan fingerprint density at radius 2 is 1.61 bits per heavy atom. The first-order valence-corrected chi connectivity index (χ1v) is 16.9. The summed E-state index contributed by atoms with van der Waals surface area (Å²) in [4.78, 5) is 48.2. The van der Waals surface area contributed by atoms with Crippen molar-refractivity contribution in [1.82, 2.24) is 20.2 Å². The minimum Gasteiger partial charge on any atom is -0.494 e. The second-order valence-electron chi connectivity index (χ2n) is 12.5. The summed E-state index contributed by atoms with van der Waals surface area (Å²) < 4.78 is 11.3. The molecule has 1 atom stereocenters. The molecule has 2 N–H and O–H groups in total. The van der Waals surface area contributed by atoms with E-state index in [2.05, 4.69) is 22.2 Å². The molecule has 2 amide bonds. The fourth-order valence-electron chi connectivity index (χ4n) is 5.74. The lowest BCUT2D eigenvalue weighted by Gasteiger charge is -2.38. The molecule has 1 aliphatic rings. The van der Waals surface area contributed by atoms with Crippen LogP contribution in [0.15, 0.2) is 85.2 Å². The van der Waals surface area contributed by atoms with E-state index in [-0.39, 0.29) is 32.0 Å². The number of nitrogens with one attached hydrogen (secondary N) is 1. The van der Waals surface area contributed by atoms with Gasteiger partial charge >= 0.3 is 12.1 Å². The lowest BCUT2D eigenvalue weighted by Crippen LogP contribution is -2.59. The van der Waals surface area contributed by atoms with Crippen LogP contribution in [0.1, 0.15) is 55.7 Å². The lowest BCUT2D eigenvalue weighted by molar-refractivity contribution is -0.153. The Balaban J connectivity index is 1.21. The van der Waals surface area contributed by atoms with Gasteiger partial charge in [0.05, 0.1) is 12.5 Å². The van der Waals surface area contributed by atoms with Crippen molar-refractivity contribution in [2.45, 2.75) is 65.0 Å². The number of ether oxygens (including phenoxy) is 2. The van der Waals surface area contributed by atoms with Crippen molar-refractivity contribution in [2.24, 2.45) is 5.92 Å². The van der Waals surface area contributed by atoms with E-state index in [0.29, 0.717) is 5.82 Å². The van der Waals surface area contributed by atoms with Crippen LogP contribution in [0.2, 0.25) is 0 Å². The molecule has 3 aromatic carbocycles. The molecule has 49 heavy (non-hydrogen) atoms. The van der Waals surface area contributed by atoms with Crippen LogP contribution in [-0.2, 0) is 27.4 Å². The van der Waals surface area contributed by atoms with Crippen molar-refractivity contribution in [2.75, 3.05) is 19.7 Å². The van der Waals surface area contributed by atoms with Gasteiger partial charge in [-0.15, -0.1) is 0 Å². The largest absolute Gasteiger partial charge is 0.494 e. The number of hydrogen-bond acceptors (Lipinski definition) is 7. The number of benzene rings is 3. The van der Waals surface area contributed by atoms with E-state index >= 15 is 0 Å². The van der Waals surface area contributed by atoms with Crippen molar-refractivity contribution in [3.8, 4) is 28.3 Å². The molecule has 10 heteroatoms. The van der Waals surface area contributed by atoms with Crippen molar-refractivity contribution < 1.29 is 29.0 Å². The maximum atomic E-state index is 13.4. The average molecular weight is 665 g/mol. The summed E-state index contributed by atoms with van der Waals surface area (Å²) in [6.07, 6.45) is 9.09. The number of aromatic nitrogens is 2. The first kappa shape index (κ1) is 35.1. The molecule has 4 aromatic rings. The Bertz CT molecular complexity index is 1690. The molecule has 256 valence electrons. The highest BCUT2D eigenvalue weighted by atomic mass is 16.5. The first-order valence-electron chi connectivity index (χ1n) is 16.9. The number of carboxylic acids is 1. The molecule has 0 aliphatic carbocycles. The van der Waals surface area contributed by atoms with Crippen molar-refractivity contribution in [1.29, 1.82) is 0 Å². The number of hydrogen-bond donors (Lipinski definition) is 2. The molecular formula is C39H44N4O6. The molecule has 1 saturated heterocycles. The monoisotopic (exact) mass is 664 g/mol. The molecule has 0 bridgehead atoms. The van der Waals surface area contributed by atoms with Gasteiger partial charge in [0.25, 0.3) is 0 Å². The molecule has 1 unspecified atom stereocenters. The number of carbonyl (C=O) groups is 3. The second kappa shape index (κ2) is 17.2. The normalized spacial score (nSPS) is 13.3. The number of aliphatic carboxylic acids is 1. The Labute approximate surface area is 287 Å². The van der Waals surface area contributed by atoms with Gasteiger partial charge in [0.15, 0.2) is 5.82 Å². The number of unbranched alkanes of at least 4 members (excludes halogenated alkanes) is 4. The molecule has 0 saturated carbocycles. The third-order valence-corrected chi connectivity index (χ3v) is 8.67. The predicted octanol–water partition coefficient (Wildman–Crippen LogP) is 6.85. The Morgan fingerprint density at radius 3 is 2.29 bits per heavy atom. The van der Waals surface area contributed by atoms with E-state index in [1.807, 2.05) is 79.7 Å². The van der Waals surface area contributed by atoms with Crippen LogP contribution in [-0.4, -0.2) is 63.7 Å². The summed E-state index contributed by atoms with van der Waals surface area (Å²) in [6, 6.07) is 22.0. The summed E-state index contributed by atoms with van der Waals surface area (Å²) in [5.74, 6) is -0.470. The smallest absolute Gasteiger partial charge is 0.408 e. The van der Waals surface area contributed by atoms with E-state index in [0.717, 1.165) is 52.2 Å². The van der Waals surface area contributed by atoms with Gasteiger partial charge in [-0.3, -0.25) is 9.59 Å². The molecule has 1 aliphatic heterocycles. The third-order valence-electron chi connectivity index (χ3n) is 8.67. The number of likely N-dealkylation sites (tertiary alicyclic amines) is 1. The zero-order chi connectivity index (χ0) is 34.6. The van der Waals surface area contributed by atoms with Gasteiger partial charge in [0.2, 0.25) is 5.91 Å². The number of nitrogens with zero attached hydrogens (tertiary/aromatic N) is 3. The zero-order valence-corrected chi connectivity index (χ0v) is 28.1. The average Bonchev–Trinajstić information content (AvgIpc) is 3.09. The van der Waals surface area contributed by atoms with Gasteiger partial charge in [-0.2, -0.15) is 0 Å². The van der Waals surface area contributed by atoms with E-state index < -0.39 is 24.0 Å². The van der Waals surface area contributed by atoms with Crippen molar-refractivity contribution >= 4 is 18.0 Å². The number of rotatable bonds is 16. The molecular weight excluding hydrogens is 620 g/mol. The number of carboxylic acid groups (broad SMARTS) is 1. The van der Waals surface area contributed by atoms with Gasteiger partial charge in [-0.1, -0.05) is 93.3 Å². The fourth-order valence-corrected chi connectivity index (χ4v) is 5.74. The standard InChI is InChI=1S/C39H44N4O6/c1-3-4-5-6-10-19-48-33-16-14-30(15-17-33)31-22-40-36(41-23-31)34-18-13-29(20-27(34)2)21-35(37(44)43-24-32(25-43)38(45)46)42-39(47)49-26-28-11-8-7-9-12-28/h7-9,11-18,20,22-23,32,35H,3-6,10,19,21,24-26H2,1-2H3,(H,42,47)(H,45,46). The van der Waals surface area contributed by atoms with Crippen LogP contribution in [0.25, 0.3) is 22.5 Å². The van der Waals surface area contributed by atoms with Crippen LogP contribution >= 0.6 is 0 Å². The molecule has 0 spiro atoms. The van der Waals surface area contributed by atoms with Gasteiger partial charge in [0.1, 0.15) is 18.4 Å². The molecule has 2 heterocycles. The third kappa shape index (κ3) is 9.88. The lowest BCUT2D eigenvalue weighted by atomic mass is 9.96. The molecule has 1 aromatic heterocycles. The van der Waals surface area contributed by atoms with Gasteiger partial charge in [-0.25, -0.2) is 14.8 Å². The number of amides is 2. The van der Waals surface area contributed by atoms with Gasteiger partial charge in [0, 0.05) is 43.0 Å². The number of carbonyl (C=O) groups excluding carboxylic acids is 2. The Kier molecular flexibility index (Phi) is 12.3. The van der Waals surface area contributed by atoms with Crippen molar-refractivity contribution in [3.05, 3.63) is 102 Å². The highest BCUT2D eigenvalue weighted by Crippen LogP contribution is 2.26. The summed E-state index contributed by atoms with van der Waals surface area (Å²) in [5.41, 5.74) is 5.29. The topological polar surface area (TPSA) is 131 Å². The summed E-state index contributed by atoms with van der Waals surface area (Å²) in [7, 11) is 0. The maximum absolute atomic E-state index is 13.4. The SMILES string of the molecule is CCCCCCCOc1ccc(-c2cnc(-c3ccc(CC(NC(=O)OCc4ccccc4)C(=O)N4CC(C(=O)O)C4)cc3C)nc2)cc1. The van der Waals surface area contributed by atoms with E-state index in [1.54, 1.807) is 12.4 Å². The highest BCUT2D eigenvalue weighted by molar-refractivity contribution is 5.88. The van der Waals surface area contributed by atoms with Gasteiger partial charge < -0.3 is 24.8 Å². The van der Waals surface area contributed by atoms with E-state index in [1.165, 1.54) is 30.6 Å². The fraction of sp³-hybridized carbons (Fsp3) is 0.359. The van der Waals surface area contributed by atoms with E-state index in [4.69, 9.17) is 9.47 Å².